The zero-order chi connectivity index (χ0) is 38.7. The first-order chi connectivity index (χ1) is 26.7. The summed E-state index contributed by atoms with van der Waals surface area (Å²) in [6.07, 6.45) is 8.25. The lowest BCUT2D eigenvalue weighted by Crippen LogP contribution is -2.32. The molecule has 2 aliphatic heterocycles. The van der Waals surface area contributed by atoms with Crippen molar-refractivity contribution in [1.82, 2.24) is 19.5 Å². The standard InChI is InChI=1S/C20H22N4O6.C18H18N4O3.CH4/c1-2-28-20(25)23-13-14-7-6-8-15(11-14)29-9-4-3-5-10-30-17-12-16(23)18(24(26)27)19(21)22-17;19-17-16-14-10-15(20-17)25-8-3-1-2-7-24-13-6-4-5-12(9-13)11-22(14)18(23)21-16;/h3-4,6-8,11-12H,2,5,9-10,13H2,1H3,(H2,21,22);1-2,4-6,9-10H,3,7-8,11H2,(H2,19,20)(H,21,23);1H4/b4-3+;2-1+;. The topological polar surface area (TPSA) is 225 Å². The average Bonchev–Trinajstić information content (AvgIpc) is 3.47. The minimum Gasteiger partial charge on any atom is -0.490 e. The van der Waals surface area contributed by atoms with Crippen LogP contribution in [-0.4, -0.2) is 63.6 Å². The van der Waals surface area contributed by atoms with E-state index in [9.17, 15) is 19.7 Å². The molecule has 0 atom stereocenters. The highest BCUT2D eigenvalue weighted by molar-refractivity contribution is 5.93. The number of amides is 1. The summed E-state index contributed by atoms with van der Waals surface area (Å²) in [5.41, 5.74) is 13.9. The van der Waals surface area contributed by atoms with E-state index in [1.165, 1.54) is 6.07 Å². The molecule has 2 aliphatic rings. The summed E-state index contributed by atoms with van der Waals surface area (Å²) >= 11 is 0. The number of hydrogen-bond donors (Lipinski definition) is 3. The molecule has 3 aromatic heterocycles. The molecule has 0 saturated carbocycles. The van der Waals surface area contributed by atoms with E-state index in [1.807, 2.05) is 48.6 Å². The van der Waals surface area contributed by atoms with Crippen molar-refractivity contribution in [3.63, 3.8) is 0 Å². The van der Waals surface area contributed by atoms with Gasteiger partial charge in [0.05, 0.1) is 43.4 Å². The van der Waals surface area contributed by atoms with Gasteiger partial charge in [-0.15, -0.1) is 0 Å². The van der Waals surface area contributed by atoms with Gasteiger partial charge in [-0.3, -0.25) is 19.6 Å². The number of benzene rings is 2. The van der Waals surface area contributed by atoms with Gasteiger partial charge in [-0.1, -0.05) is 56.0 Å². The van der Waals surface area contributed by atoms with Crippen LogP contribution in [0.3, 0.4) is 0 Å². The zero-order valence-electron chi connectivity index (χ0n) is 30.0. The van der Waals surface area contributed by atoms with E-state index >= 15 is 0 Å². The van der Waals surface area contributed by atoms with Crippen LogP contribution in [0.25, 0.3) is 11.0 Å². The molecule has 0 unspecified atom stereocenters. The van der Waals surface area contributed by atoms with Gasteiger partial charge in [0.15, 0.2) is 5.82 Å². The van der Waals surface area contributed by atoms with Crippen LogP contribution in [0.15, 0.2) is 89.8 Å². The molecule has 5 N–H and O–H groups in total. The number of ether oxygens (including phenoxy) is 5. The number of nitrogens with zero attached hydrogens (tertiary/aromatic N) is 5. The maximum absolute atomic E-state index is 12.7. The number of aromatic nitrogens is 4. The maximum Gasteiger partial charge on any atom is 0.414 e. The van der Waals surface area contributed by atoms with Crippen molar-refractivity contribution in [3.05, 3.63) is 117 Å². The molecular formula is C39H44N8O9. The number of H-pyrrole nitrogens is 1. The molecule has 17 heteroatoms. The van der Waals surface area contributed by atoms with E-state index in [0.29, 0.717) is 61.0 Å². The number of hydrogen-bond acceptors (Lipinski definition) is 13. The number of carbonyl (C=O) groups is 1. The lowest BCUT2D eigenvalue weighted by molar-refractivity contribution is -0.383. The molecule has 0 saturated heterocycles. The maximum atomic E-state index is 12.7. The molecule has 17 nitrogen and oxygen atoms in total. The predicted molar refractivity (Wildman–Crippen MR) is 211 cm³/mol. The highest BCUT2D eigenvalue weighted by atomic mass is 16.6. The van der Waals surface area contributed by atoms with E-state index in [4.69, 9.17) is 35.2 Å². The van der Waals surface area contributed by atoms with Gasteiger partial charge in [-0.25, -0.2) is 9.59 Å². The Morgan fingerprint density at radius 2 is 1.45 bits per heavy atom. The van der Waals surface area contributed by atoms with Gasteiger partial charge in [0.2, 0.25) is 17.6 Å². The van der Waals surface area contributed by atoms with Crippen molar-refractivity contribution >= 4 is 40.1 Å². The normalized spacial score (nSPS) is 15.1. The van der Waals surface area contributed by atoms with E-state index in [1.54, 1.807) is 41.8 Å². The number of anilines is 3. The Morgan fingerprint density at radius 3 is 2.05 bits per heavy atom. The van der Waals surface area contributed by atoms with Crippen LogP contribution in [0, 0.1) is 10.1 Å². The number of aromatic amines is 1. The van der Waals surface area contributed by atoms with Gasteiger partial charge in [0.1, 0.15) is 35.9 Å². The van der Waals surface area contributed by atoms with Crippen LogP contribution in [0.5, 0.6) is 23.3 Å². The molecule has 1 amide bonds. The van der Waals surface area contributed by atoms with Crippen molar-refractivity contribution in [2.45, 2.75) is 40.3 Å². The second kappa shape index (κ2) is 18.8. The highest BCUT2D eigenvalue weighted by Gasteiger charge is 2.30. The fraction of sp³-hybridized carbons (Fsp3) is 0.282. The first-order valence-corrected chi connectivity index (χ1v) is 17.5. The third-order valence-corrected chi connectivity index (χ3v) is 8.28. The highest BCUT2D eigenvalue weighted by Crippen LogP contribution is 2.37. The Hall–Kier alpha value is -7.04. The zero-order valence-corrected chi connectivity index (χ0v) is 30.0. The first kappa shape index (κ1) is 40.2. The molecular weight excluding hydrogens is 724 g/mol. The number of fused-ring (bicyclic) bond motifs is 7. The molecule has 2 aromatic carbocycles. The summed E-state index contributed by atoms with van der Waals surface area (Å²) < 4.78 is 29.4. The SMILES string of the molecule is C.CCOC(=O)N1Cc2cccc(c2)OC/C=C/CCOc2cc1c([N+](=O)[O-])c(N)n2.Nc1nc2cc3c1[nH]c(=O)n3Cc1cccc(c1)OC/C=C/CCO2. The van der Waals surface area contributed by atoms with E-state index in [2.05, 4.69) is 15.0 Å². The quantitative estimate of drug-likeness (QED) is 0.104. The minimum absolute atomic E-state index is 0. The molecule has 5 heterocycles. The van der Waals surface area contributed by atoms with Gasteiger partial charge in [0.25, 0.3) is 0 Å². The molecule has 294 valence electrons. The molecule has 56 heavy (non-hydrogen) atoms. The fourth-order valence-corrected chi connectivity index (χ4v) is 5.78. The van der Waals surface area contributed by atoms with Crippen LogP contribution in [-0.2, 0) is 17.8 Å². The van der Waals surface area contributed by atoms with Crippen molar-refractivity contribution in [1.29, 1.82) is 0 Å². The third kappa shape index (κ3) is 9.93. The monoisotopic (exact) mass is 768 g/mol. The van der Waals surface area contributed by atoms with E-state index < -0.39 is 16.7 Å². The Kier molecular flexibility index (Phi) is 13.5. The Morgan fingerprint density at radius 1 is 0.857 bits per heavy atom. The van der Waals surface area contributed by atoms with E-state index in [-0.39, 0.29) is 56.1 Å². The lowest BCUT2D eigenvalue weighted by Gasteiger charge is -2.23. The molecule has 0 radical (unpaired) electrons. The summed E-state index contributed by atoms with van der Waals surface area (Å²) in [5.74, 6) is 1.76. The number of nitrogen functional groups attached to an aromatic ring is 2. The van der Waals surface area contributed by atoms with Gasteiger partial charge in [-0.2, -0.15) is 9.97 Å². The number of nitrogens with two attached hydrogens (primary N) is 2. The van der Waals surface area contributed by atoms with Gasteiger partial charge in [-0.05, 0) is 55.2 Å². The molecule has 0 aliphatic carbocycles. The number of nitrogens with one attached hydrogen (secondary N) is 1. The number of imidazole rings is 1. The predicted octanol–water partition coefficient (Wildman–Crippen LogP) is 6.16. The van der Waals surface area contributed by atoms with Crippen LogP contribution in [0.1, 0.15) is 38.3 Å². The number of rotatable bonds is 2. The van der Waals surface area contributed by atoms with Crippen molar-refractivity contribution in [2.24, 2.45) is 0 Å². The Balaban J connectivity index is 0.000000213. The molecule has 0 spiro atoms. The van der Waals surface area contributed by atoms with Crippen molar-refractivity contribution < 1.29 is 33.4 Å². The molecule has 8 bridgehead atoms. The summed E-state index contributed by atoms with van der Waals surface area (Å²) in [5, 5.41) is 11.7. The second-order valence-electron chi connectivity index (χ2n) is 12.1. The van der Waals surface area contributed by atoms with Crippen LogP contribution in [0.4, 0.5) is 27.8 Å². The summed E-state index contributed by atoms with van der Waals surface area (Å²) in [6.45, 7) is 3.74. The summed E-state index contributed by atoms with van der Waals surface area (Å²) in [7, 11) is 0. The average molecular weight is 769 g/mol. The Labute approximate surface area is 322 Å². The largest absolute Gasteiger partial charge is 0.490 e. The van der Waals surface area contributed by atoms with Crippen LogP contribution < -0.4 is 41.0 Å². The van der Waals surface area contributed by atoms with E-state index in [0.717, 1.165) is 22.6 Å². The molecule has 7 rings (SSSR count). The summed E-state index contributed by atoms with van der Waals surface area (Å²) in [4.78, 5) is 48.2. The number of carbonyl (C=O) groups excluding carboxylic acids is 1. The minimum atomic E-state index is -0.755. The first-order valence-electron chi connectivity index (χ1n) is 17.5. The fourth-order valence-electron chi connectivity index (χ4n) is 5.78. The van der Waals surface area contributed by atoms with Gasteiger partial charge >= 0.3 is 17.5 Å². The van der Waals surface area contributed by atoms with Crippen molar-refractivity contribution in [3.8, 4) is 23.3 Å². The number of nitro groups is 1. The van der Waals surface area contributed by atoms with Gasteiger partial charge < -0.3 is 40.1 Å². The van der Waals surface area contributed by atoms with Crippen LogP contribution >= 0.6 is 0 Å². The van der Waals surface area contributed by atoms with Crippen molar-refractivity contribution in [2.75, 3.05) is 49.4 Å². The second-order valence-corrected chi connectivity index (χ2v) is 12.1. The van der Waals surface area contributed by atoms with Gasteiger partial charge in [0, 0.05) is 12.1 Å². The lowest BCUT2D eigenvalue weighted by atomic mass is 10.2. The molecule has 5 aromatic rings. The Bertz CT molecular complexity index is 2280. The van der Waals surface area contributed by atoms with Crippen LogP contribution in [0.2, 0.25) is 0 Å². The smallest absolute Gasteiger partial charge is 0.414 e. The summed E-state index contributed by atoms with van der Waals surface area (Å²) in [6, 6.07) is 17.9. The number of pyridine rings is 2. The third-order valence-electron chi connectivity index (χ3n) is 8.28. The molecule has 0 fully saturated rings.